The van der Waals surface area contributed by atoms with E-state index in [9.17, 15) is 0 Å². The second kappa shape index (κ2) is 8.64. The molecule has 0 fully saturated rings. The van der Waals surface area contributed by atoms with Gasteiger partial charge in [-0.05, 0) is 52.4 Å². The van der Waals surface area contributed by atoms with E-state index in [0.29, 0.717) is 23.5 Å². The zero-order chi connectivity index (χ0) is 21.9. The molecule has 0 amide bonds. The van der Waals surface area contributed by atoms with Crippen molar-refractivity contribution in [2.75, 3.05) is 5.32 Å². The molecule has 0 saturated carbocycles. The monoisotopic (exact) mass is 446 g/mol. The number of aromatic nitrogens is 7. The molecule has 0 radical (unpaired) electrons. The number of hydrogen-bond acceptors (Lipinski definition) is 7. The zero-order valence-corrected chi connectivity index (χ0v) is 17.9. The first-order valence-corrected chi connectivity index (χ1v) is 10.3. The molecule has 5 rings (SSSR count). The number of hydrogen-bond donors (Lipinski definition) is 1. The van der Waals surface area contributed by atoms with E-state index in [1.165, 1.54) is 0 Å². The number of imidazole rings is 1. The van der Waals surface area contributed by atoms with Crippen molar-refractivity contribution in [3.8, 4) is 12.0 Å². The van der Waals surface area contributed by atoms with Gasteiger partial charge in [0.1, 0.15) is 12.4 Å². The van der Waals surface area contributed by atoms with Crippen molar-refractivity contribution in [1.29, 1.82) is 0 Å². The summed E-state index contributed by atoms with van der Waals surface area (Å²) in [4.78, 5) is 9.24. The number of para-hydroxylation sites is 2. The Kier molecular flexibility index (Phi) is 5.39. The summed E-state index contributed by atoms with van der Waals surface area (Å²) < 4.78 is 9.41. The molecular formula is C22H19ClN8O. The van der Waals surface area contributed by atoms with Crippen molar-refractivity contribution in [1.82, 2.24) is 34.7 Å². The fourth-order valence-corrected chi connectivity index (χ4v) is 3.56. The van der Waals surface area contributed by atoms with Crippen molar-refractivity contribution >= 4 is 28.5 Å². The zero-order valence-electron chi connectivity index (χ0n) is 17.2. The number of ether oxygens (including phenoxy) is 1. The van der Waals surface area contributed by atoms with Gasteiger partial charge in [0.15, 0.2) is 0 Å². The number of halogens is 1. The summed E-state index contributed by atoms with van der Waals surface area (Å²) in [6.07, 6.45) is 0. The van der Waals surface area contributed by atoms with E-state index in [-0.39, 0.29) is 6.61 Å². The van der Waals surface area contributed by atoms with Gasteiger partial charge in [0.2, 0.25) is 0 Å². The predicted molar refractivity (Wildman–Crippen MR) is 121 cm³/mol. The van der Waals surface area contributed by atoms with Crippen LogP contribution in [-0.4, -0.2) is 34.7 Å². The number of fused-ring (bicyclic) bond motifs is 1. The summed E-state index contributed by atoms with van der Waals surface area (Å²) in [5.74, 6) is 1.26. The average molecular weight is 447 g/mol. The third-order valence-electron chi connectivity index (χ3n) is 4.85. The molecule has 9 nitrogen and oxygen atoms in total. The van der Waals surface area contributed by atoms with Crippen LogP contribution in [0.4, 0.5) is 5.82 Å². The smallest absolute Gasteiger partial charge is 0.305 e. The lowest BCUT2D eigenvalue weighted by Crippen LogP contribution is -2.09. The molecule has 3 heterocycles. The lowest BCUT2D eigenvalue weighted by molar-refractivity contribution is 0.272. The van der Waals surface area contributed by atoms with Gasteiger partial charge in [0.25, 0.3) is 5.95 Å². The lowest BCUT2D eigenvalue weighted by Gasteiger charge is -2.10. The number of anilines is 1. The van der Waals surface area contributed by atoms with E-state index in [4.69, 9.17) is 16.3 Å². The first-order valence-electron chi connectivity index (χ1n) is 9.94. The molecular weight excluding hydrogens is 428 g/mol. The van der Waals surface area contributed by atoms with E-state index in [1.54, 1.807) is 16.3 Å². The maximum Gasteiger partial charge on any atom is 0.305 e. The van der Waals surface area contributed by atoms with Crippen molar-refractivity contribution < 1.29 is 4.74 Å². The number of nitrogens with zero attached hydrogens (tertiary/aromatic N) is 7. The van der Waals surface area contributed by atoms with Crippen molar-refractivity contribution in [2.45, 2.75) is 13.2 Å². The molecule has 0 bridgehead atoms. The fourth-order valence-electron chi connectivity index (χ4n) is 3.34. The van der Waals surface area contributed by atoms with Gasteiger partial charge in [-0.15, -0.1) is 0 Å². The molecule has 32 heavy (non-hydrogen) atoms. The number of rotatable bonds is 7. The third-order valence-corrected chi connectivity index (χ3v) is 5.08. The van der Waals surface area contributed by atoms with Gasteiger partial charge in [-0.3, -0.25) is 0 Å². The van der Waals surface area contributed by atoms with Gasteiger partial charge >= 0.3 is 6.01 Å². The summed E-state index contributed by atoms with van der Waals surface area (Å²) >= 11 is 6.06. The SMILES string of the molecule is Cn1nnnc1-n1c(OCc2cccc(NCc3cccc(Cl)c3)n2)nc2ccccc21. The Hall–Kier alpha value is -3.98. The van der Waals surface area contributed by atoms with Crippen molar-refractivity contribution in [2.24, 2.45) is 7.05 Å². The third kappa shape index (κ3) is 4.10. The molecule has 0 aliphatic carbocycles. The Balaban J connectivity index is 1.35. The second-order valence-electron chi connectivity index (χ2n) is 7.11. The topological polar surface area (TPSA) is 95.6 Å². The number of benzene rings is 2. The van der Waals surface area contributed by atoms with Crippen LogP contribution in [0, 0.1) is 0 Å². The molecule has 0 spiro atoms. The summed E-state index contributed by atoms with van der Waals surface area (Å²) in [5.41, 5.74) is 3.48. The highest BCUT2D eigenvalue weighted by Gasteiger charge is 2.18. The molecule has 2 aromatic carbocycles. The number of tetrazole rings is 1. The normalized spacial score (nSPS) is 11.1. The summed E-state index contributed by atoms with van der Waals surface area (Å²) in [6.45, 7) is 0.855. The summed E-state index contributed by atoms with van der Waals surface area (Å²) in [6, 6.07) is 21.6. The quantitative estimate of drug-likeness (QED) is 0.406. The summed E-state index contributed by atoms with van der Waals surface area (Å²) in [7, 11) is 1.77. The van der Waals surface area contributed by atoms with Gasteiger partial charge < -0.3 is 10.1 Å². The molecule has 0 aliphatic rings. The van der Waals surface area contributed by atoms with Crippen LogP contribution >= 0.6 is 11.6 Å². The van der Waals surface area contributed by atoms with Gasteiger partial charge in [-0.1, -0.05) is 47.0 Å². The largest absolute Gasteiger partial charge is 0.458 e. The van der Waals surface area contributed by atoms with Crippen LogP contribution in [0.1, 0.15) is 11.3 Å². The maximum absolute atomic E-state index is 6.06. The van der Waals surface area contributed by atoms with Crippen molar-refractivity contribution in [3.05, 3.63) is 83.0 Å². The van der Waals surface area contributed by atoms with Gasteiger partial charge in [-0.25, -0.2) is 14.2 Å². The van der Waals surface area contributed by atoms with Gasteiger partial charge in [0.05, 0.1) is 16.7 Å². The molecule has 160 valence electrons. The van der Waals surface area contributed by atoms with Crippen LogP contribution in [0.5, 0.6) is 6.01 Å². The highest BCUT2D eigenvalue weighted by Crippen LogP contribution is 2.25. The van der Waals surface area contributed by atoms with Crippen LogP contribution < -0.4 is 10.1 Å². The predicted octanol–water partition coefficient (Wildman–Crippen LogP) is 3.79. The van der Waals surface area contributed by atoms with Crippen LogP contribution in [0.2, 0.25) is 5.02 Å². The van der Waals surface area contributed by atoms with E-state index in [1.807, 2.05) is 66.7 Å². The van der Waals surface area contributed by atoms with Crippen molar-refractivity contribution in [3.63, 3.8) is 0 Å². The molecule has 0 unspecified atom stereocenters. The molecule has 0 saturated heterocycles. The second-order valence-corrected chi connectivity index (χ2v) is 7.54. The molecule has 10 heteroatoms. The van der Waals surface area contributed by atoms with Crippen LogP contribution in [0.15, 0.2) is 66.7 Å². The summed E-state index contributed by atoms with van der Waals surface area (Å²) in [5, 5.41) is 15.8. The van der Waals surface area contributed by atoms with Crippen LogP contribution in [-0.2, 0) is 20.2 Å². The minimum absolute atomic E-state index is 0.237. The van der Waals surface area contributed by atoms with E-state index < -0.39 is 0 Å². The molecule has 1 N–H and O–H groups in total. The number of pyridine rings is 1. The Morgan fingerprint density at radius 3 is 2.72 bits per heavy atom. The highest BCUT2D eigenvalue weighted by molar-refractivity contribution is 6.30. The number of aryl methyl sites for hydroxylation is 1. The molecule has 5 aromatic rings. The first kappa shape index (κ1) is 20.0. The minimum atomic E-state index is 0.237. The minimum Gasteiger partial charge on any atom is -0.458 e. The standard InChI is InChI=1S/C22H19ClN8O/c1-30-21(27-28-29-30)31-19-10-3-2-9-18(19)26-22(31)32-14-17-8-5-11-20(25-17)24-13-15-6-4-7-16(23)12-15/h2-12H,13-14H2,1H3,(H,24,25). The highest BCUT2D eigenvalue weighted by atomic mass is 35.5. The van der Waals surface area contributed by atoms with Crippen LogP contribution in [0.3, 0.4) is 0 Å². The fraction of sp³-hybridized carbons (Fsp3) is 0.136. The van der Waals surface area contributed by atoms with Gasteiger partial charge in [-0.2, -0.15) is 4.98 Å². The van der Waals surface area contributed by atoms with E-state index >= 15 is 0 Å². The molecule has 3 aromatic heterocycles. The maximum atomic E-state index is 6.06. The Labute approximate surface area is 188 Å². The molecule has 0 atom stereocenters. The Morgan fingerprint density at radius 1 is 1.00 bits per heavy atom. The first-order chi connectivity index (χ1) is 15.7. The van der Waals surface area contributed by atoms with Crippen LogP contribution in [0.25, 0.3) is 17.0 Å². The van der Waals surface area contributed by atoms with E-state index in [2.05, 4.69) is 30.8 Å². The lowest BCUT2D eigenvalue weighted by atomic mass is 10.2. The van der Waals surface area contributed by atoms with E-state index in [0.717, 1.165) is 28.1 Å². The molecule has 0 aliphatic heterocycles. The Bertz CT molecular complexity index is 1380. The average Bonchev–Trinajstić information content (AvgIpc) is 3.39. The Morgan fingerprint density at radius 2 is 1.88 bits per heavy atom. The number of nitrogens with one attached hydrogen (secondary N) is 1. The van der Waals surface area contributed by atoms with Gasteiger partial charge in [0, 0.05) is 18.6 Å².